The number of thioether (sulfide) groups is 1. The van der Waals surface area contributed by atoms with Crippen molar-refractivity contribution in [3.05, 3.63) is 16.0 Å². The number of ether oxygens (including phenoxy) is 2. The Morgan fingerprint density at radius 1 is 1.07 bits per heavy atom. The van der Waals surface area contributed by atoms with Crippen molar-refractivity contribution < 1.29 is 23.9 Å². The van der Waals surface area contributed by atoms with Crippen LogP contribution in [0.3, 0.4) is 0 Å². The van der Waals surface area contributed by atoms with E-state index in [9.17, 15) is 14.4 Å². The molecule has 7 nitrogen and oxygen atoms in total. The fourth-order valence-corrected chi connectivity index (χ4v) is 4.61. The summed E-state index contributed by atoms with van der Waals surface area (Å²) in [6, 6.07) is 0. The molecule has 0 aliphatic carbocycles. The molecular formula is C18H26N2O5S3. The number of carbonyl (C=O) groups is 3. The van der Waals surface area contributed by atoms with E-state index in [-0.39, 0.29) is 40.3 Å². The number of thiophene rings is 1. The predicted octanol–water partition coefficient (Wildman–Crippen LogP) is 3.71. The van der Waals surface area contributed by atoms with Crippen molar-refractivity contribution in [2.24, 2.45) is 0 Å². The molecule has 0 aliphatic heterocycles. The second kappa shape index (κ2) is 12.0. The molecule has 156 valence electrons. The van der Waals surface area contributed by atoms with E-state index in [0.29, 0.717) is 9.88 Å². The largest absolute Gasteiger partial charge is 0.462 e. The summed E-state index contributed by atoms with van der Waals surface area (Å²) in [7, 11) is 0. The third-order valence-corrected chi connectivity index (χ3v) is 6.40. The average molecular weight is 447 g/mol. The van der Waals surface area contributed by atoms with E-state index in [2.05, 4.69) is 5.32 Å². The van der Waals surface area contributed by atoms with Crippen LogP contribution in [0, 0.1) is 6.92 Å². The summed E-state index contributed by atoms with van der Waals surface area (Å²) in [4.78, 5) is 39.1. The molecular weight excluding hydrogens is 420 g/mol. The molecule has 0 unspecified atom stereocenters. The number of thiocarbonyl (C=S) groups is 1. The molecule has 1 aromatic rings. The molecule has 1 rings (SSSR count). The first-order chi connectivity index (χ1) is 13.3. The molecule has 0 radical (unpaired) electrons. The average Bonchev–Trinajstić information content (AvgIpc) is 2.97. The number of carbonyl (C=O) groups excluding carboxylic acids is 3. The van der Waals surface area contributed by atoms with Crippen molar-refractivity contribution in [2.45, 2.75) is 34.6 Å². The highest BCUT2D eigenvalue weighted by atomic mass is 32.2. The molecule has 10 heteroatoms. The molecule has 1 N–H and O–H groups in total. The van der Waals surface area contributed by atoms with Crippen molar-refractivity contribution in [3.63, 3.8) is 0 Å². The quantitative estimate of drug-likeness (QED) is 0.454. The molecule has 1 amide bonds. The molecule has 0 bridgehead atoms. The molecule has 0 saturated heterocycles. The maximum absolute atomic E-state index is 12.4. The summed E-state index contributed by atoms with van der Waals surface area (Å²) in [6.45, 7) is 10.9. The fourth-order valence-electron chi connectivity index (χ4n) is 2.31. The van der Waals surface area contributed by atoms with Crippen LogP contribution in [-0.4, -0.2) is 59.1 Å². The Balaban J connectivity index is 3.00. The molecule has 0 aromatic carbocycles. The molecule has 0 atom stereocenters. The molecule has 0 saturated carbocycles. The van der Waals surface area contributed by atoms with Gasteiger partial charge in [-0.15, -0.1) is 11.3 Å². The van der Waals surface area contributed by atoms with Gasteiger partial charge in [0, 0.05) is 13.1 Å². The minimum Gasteiger partial charge on any atom is -0.462 e. The summed E-state index contributed by atoms with van der Waals surface area (Å²) >= 11 is 7.58. The van der Waals surface area contributed by atoms with Gasteiger partial charge in [-0.25, -0.2) is 9.59 Å². The van der Waals surface area contributed by atoms with E-state index in [0.717, 1.165) is 24.4 Å². The van der Waals surface area contributed by atoms with Crippen LogP contribution in [0.1, 0.15) is 53.3 Å². The fraction of sp³-hybridized carbons (Fsp3) is 0.556. The Kier molecular flexibility index (Phi) is 10.5. The number of amides is 1. The van der Waals surface area contributed by atoms with Crippen LogP contribution in [0.5, 0.6) is 0 Å². The monoisotopic (exact) mass is 446 g/mol. The molecule has 1 aromatic heterocycles. The van der Waals surface area contributed by atoms with Gasteiger partial charge < -0.3 is 19.7 Å². The number of hydrogen-bond acceptors (Lipinski definition) is 8. The normalized spacial score (nSPS) is 10.3. The maximum Gasteiger partial charge on any atom is 0.348 e. The van der Waals surface area contributed by atoms with Crippen molar-refractivity contribution in [1.29, 1.82) is 0 Å². The lowest BCUT2D eigenvalue weighted by Gasteiger charge is -2.20. The number of nitrogens with zero attached hydrogens (tertiary/aromatic N) is 1. The van der Waals surface area contributed by atoms with Gasteiger partial charge in [-0.1, -0.05) is 24.0 Å². The predicted molar refractivity (Wildman–Crippen MR) is 118 cm³/mol. The Labute approximate surface area is 179 Å². The van der Waals surface area contributed by atoms with E-state index in [1.807, 2.05) is 18.7 Å². The van der Waals surface area contributed by atoms with Gasteiger partial charge in [-0.3, -0.25) is 4.79 Å². The zero-order valence-electron chi connectivity index (χ0n) is 16.7. The topological polar surface area (TPSA) is 84.9 Å². The molecule has 1 heterocycles. The second-order valence-corrected chi connectivity index (χ2v) is 8.11. The minimum absolute atomic E-state index is 0.100. The Morgan fingerprint density at radius 2 is 1.64 bits per heavy atom. The van der Waals surface area contributed by atoms with Crippen molar-refractivity contribution in [2.75, 3.05) is 37.4 Å². The molecule has 0 aliphatic rings. The molecule has 0 fully saturated rings. The lowest BCUT2D eigenvalue weighted by Crippen LogP contribution is -2.28. The van der Waals surface area contributed by atoms with Gasteiger partial charge in [0.1, 0.15) is 14.2 Å². The Bertz CT molecular complexity index is 729. The molecule has 0 spiro atoms. The van der Waals surface area contributed by atoms with Gasteiger partial charge in [0.25, 0.3) is 0 Å². The van der Waals surface area contributed by atoms with Crippen molar-refractivity contribution in [3.8, 4) is 0 Å². The Morgan fingerprint density at radius 3 is 2.18 bits per heavy atom. The van der Waals surface area contributed by atoms with Gasteiger partial charge in [-0.05, 0) is 40.2 Å². The highest BCUT2D eigenvalue weighted by Gasteiger charge is 2.27. The van der Waals surface area contributed by atoms with Crippen LogP contribution >= 0.6 is 35.3 Å². The van der Waals surface area contributed by atoms with Crippen LogP contribution in [0.2, 0.25) is 0 Å². The lowest BCUT2D eigenvalue weighted by atomic mass is 10.1. The maximum atomic E-state index is 12.4. The van der Waals surface area contributed by atoms with E-state index in [4.69, 9.17) is 21.7 Å². The second-order valence-electron chi connectivity index (χ2n) is 5.48. The van der Waals surface area contributed by atoms with E-state index < -0.39 is 11.9 Å². The minimum atomic E-state index is -0.589. The highest BCUT2D eigenvalue weighted by molar-refractivity contribution is 8.23. The third-order valence-electron chi connectivity index (χ3n) is 3.69. The van der Waals surface area contributed by atoms with Gasteiger partial charge in [0.2, 0.25) is 5.91 Å². The van der Waals surface area contributed by atoms with Gasteiger partial charge in [0.15, 0.2) is 0 Å². The number of anilines is 1. The lowest BCUT2D eigenvalue weighted by molar-refractivity contribution is -0.113. The number of rotatable bonds is 9. The standard InChI is InChI=1S/C18H26N2O5S3/c1-6-20(7-2)18(26)27-10-12(21)19-15-13(16(22)24-8-3)11(5)14(28-15)17(23)25-9-4/h6-10H2,1-5H3,(H,19,21). The van der Waals surface area contributed by atoms with Crippen LogP contribution in [-0.2, 0) is 14.3 Å². The number of esters is 2. The first-order valence-corrected chi connectivity index (χ1v) is 11.2. The first-order valence-electron chi connectivity index (χ1n) is 8.99. The summed E-state index contributed by atoms with van der Waals surface area (Å²) in [5.74, 6) is -1.34. The van der Waals surface area contributed by atoms with Crippen LogP contribution < -0.4 is 5.32 Å². The summed E-state index contributed by atoms with van der Waals surface area (Å²) in [6.07, 6.45) is 0. The smallest absolute Gasteiger partial charge is 0.348 e. The van der Waals surface area contributed by atoms with Crippen molar-refractivity contribution >= 4 is 62.5 Å². The van der Waals surface area contributed by atoms with Gasteiger partial charge >= 0.3 is 11.9 Å². The van der Waals surface area contributed by atoms with Gasteiger partial charge in [0.05, 0.1) is 24.5 Å². The first kappa shape index (κ1) is 24.4. The highest BCUT2D eigenvalue weighted by Crippen LogP contribution is 2.34. The number of nitrogens with one attached hydrogen (secondary N) is 1. The number of hydrogen-bond donors (Lipinski definition) is 1. The van der Waals surface area contributed by atoms with Crippen LogP contribution in [0.25, 0.3) is 0 Å². The zero-order valence-corrected chi connectivity index (χ0v) is 19.2. The van der Waals surface area contributed by atoms with E-state index >= 15 is 0 Å². The van der Waals surface area contributed by atoms with Crippen LogP contribution in [0.4, 0.5) is 5.00 Å². The summed E-state index contributed by atoms with van der Waals surface area (Å²) in [5.41, 5.74) is 0.614. The summed E-state index contributed by atoms with van der Waals surface area (Å²) in [5, 5.41) is 2.99. The SMILES string of the molecule is CCOC(=O)c1sc(NC(=O)CSC(=S)N(CC)CC)c(C(=O)OCC)c1C. The van der Waals surface area contributed by atoms with Crippen LogP contribution in [0.15, 0.2) is 0 Å². The van der Waals surface area contributed by atoms with Gasteiger partial charge in [-0.2, -0.15) is 0 Å². The summed E-state index contributed by atoms with van der Waals surface area (Å²) < 4.78 is 10.7. The van der Waals surface area contributed by atoms with E-state index in [1.54, 1.807) is 20.8 Å². The van der Waals surface area contributed by atoms with Crippen molar-refractivity contribution in [1.82, 2.24) is 4.90 Å². The Hall–Kier alpha value is -1.65. The molecule has 28 heavy (non-hydrogen) atoms. The van der Waals surface area contributed by atoms with E-state index in [1.165, 1.54) is 11.8 Å². The zero-order chi connectivity index (χ0) is 21.3. The third kappa shape index (κ3) is 6.46.